The standard InChI is InChI=1S/C21H18N2/c1-23(2)19-13-8-16(9-14-19)7-10-17-11-12-18(15-22)21-6-4-3-5-20(17)21/h3-14H,1-2H3. The van der Waals surface area contributed by atoms with Crippen LogP contribution >= 0.6 is 0 Å². The molecule has 2 nitrogen and oxygen atoms in total. The number of rotatable bonds is 3. The molecular formula is C21H18N2. The third kappa shape index (κ3) is 3.09. The molecule has 3 rings (SSSR count). The van der Waals surface area contributed by atoms with E-state index in [1.54, 1.807) is 0 Å². The quantitative estimate of drug-likeness (QED) is 0.640. The van der Waals surface area contributed by atoms with Gasteiger partial charge in [-0.1, -0.05) is 54.6 Å². The van der Waals surface area contributed by atoms with Gasteiger partial charge in [0, 0.05) is 25.2 Å². The highest BCUT2D eigenvalue weighted by atomic mass is 15.1. The number of benzene rings is 3. The van der Waals surface area contributed by atoms with E-state index in [9.17, 15) is 5.26 Å². The first kappa shape index (κ1) is 14.9. The predicted molar refractivity (Wildman–Crippen MR) is 98.4 cm³/mol. The first-order chi connectivity index (χ1) is 11.2. The van der Waals surface area contributed by atoms with Gasteiger partial charge in [-0.25, -0.2) is 0 Å². The molecule has 0 radical (unpaired) electrons. The van der Waals surface area contributed by atoms with E-state index in [0.717, 1.165) is 21.9 Å². The van der Waals surface area contributed by atoms with E-state index in [-0.39, 0.29) is 0 Å². The Hall–Kier alpha value is -3.05. The van der Waals surface area contributed by atoms with Crippen LogP contribution in [-0.2, 0) is 0 Å². The Morgan fingerprint density at radius 2 is 1.52 bits per heavy atom. The van der Waals surface area contributed by atoms with E-state index in [2.05, 4.69) is 53.5 Å². The molecule has 3 aromatic rings. The van der Waals surface area contributed by atoms with Crippen LogP contribution < -0.4 is 4.90 Å². The normalized spacial score (nSPS) is 10.8. The van der Waals surface area contributed by atoms with Gasteiger partial charge in [0.2, 0.25) is 0 Å². The molecule has 0 amide bonds. The molecular weight excluding hydrogens is 280 g/mol. The molecule has 0 bridgehead atoms. The van der Waals surface area contributed by atoms with Crippen LogP contribution in [0.4, 0.5) is 5.69 Å². The topological polar surface area (TPSA) is 27.0 Å². The Labute approximate surface area is 136 Å². The van der Waals surface area contributed by atoms with Crippen molar-refractivity contribution < 1.29 is 0 Å². The highest BCUT2D eigenvalue weighted by Crippen LogP contribution is 2.24. The minimum atomic E-state index is 0.716. The lowest BCUT2D eigenvalue weighted by Gasteiger charge is -2.11. The molecule has 0 aliphatic heterocycles. The van der Waals surface area contributed by atoms with Gasteiger partial charge in [-0.3, -0.25) is 0 Å². The van der Waals surface area contributed by atoms with E-state index in [1.807, 2.05) is 44.4 Å². The van der Waals surface area contributed by atoms with Crippen molar-refractivity contribution in [1.82, 2.24) is 0 Å². The van der Waals surface area contributed by atoms with Gasteiger partial charge in [-0.2, -0.15) is 5.26 Å². The van der Waals surface area contributed by atoms with Crippen molar-refractivity contribution in [3.63, 3.8) is 0 Å². The summed E-state index contributed by atoms with van der Waals surface area (Å²) in [6, 6.07) is 22.6. The molecule has 0 unspecified atom stereocenters. The summed E-state index contributed by atoms with van der Waals surface area (Å²) >= 11 is 0. The van der Waals surface area contributed by atoms with Gasteiger partial charge in [0.15, 0.2) is 0 Å². The third-order valence-electron chi connectivity index (χ3n) is 3.94. The van der Waals surface area contributed by atoms with Crippen LogP contribution in [0.25, 0.3) is 22.9 Å². The Bertz CT molecular complexity index is 897. The van der Waals surface area contributed by atoms with Gasteiger partial charge < -0.3 is 4.90 Å². The third-order valence-corrected chi connectivity index (χ3v) is 3.94. The zero-order chi connectivity index (χ0) is 16.2. The van der Waals surface area contributed by atoms with Crippen molar-refractivity contribution in [2.45, 2.75) is 0 Å². The van der Waals surface area contributed by atoms with Gasteiger partial charge in [0.05, 0.1) is 11.6 Å². The Kier molecular flexibility index (Phi) is 4.12. The maximum Gasteiger partial charge on any atom is 0.0998 e. The van der Waals surface area contributed by atoms with Crippen LogP contribution in [0.15, 0.2) is 60.7 Å². The number of anilines is 1. The molecule has 0 fully saturated rings. The summed E-state index contributed by atoms with van der Waals surface area (Å²) in [5.41, 5.74) is 4.18. The molecule has 0 N–H and O–H groups in total. The molecule has 0 spiro atoms. The summed E-state index contributed by atoms with van der Waals surface area (Å²) in [5.74, 6) is 0. The van der Waals surface area contributed by atoms with E-state index in [0.29, 0.717) is 5.56 Å². The molecule has 0 heterocycles. The van der Waals surface area contributed by atoms with Crippen LogP contribution in [0.5, 0.6) is 0 Å². The SMILES string of the molecule is CN(C)c1ccc(C=Cc2ccc(C#N)c3ccccc23)cc1. The van der Waals surface area contributed by atoms with Gasteiger partial charge in [0.25, 0.3) is 0 Å². The fourth-order valence-corrected chi connectivity index (χ4v) is 2.63. The minimum absolute atomic E-state index is 0.716. The summed E-state index contributed by atoms with van der Waals surface area (Å²) < 4.78 is 0. The zero-order valence-corrected chi connectivity index (χ0v) is 13.3. The Balaban J connectivity index is 1.97. The number of nitriles is 1. The fraction of sp³-hybridized carbons (Fsp3) is 0.0952. The van der Waals surface area contributed by atoms with E-state index >= 15 is 0 Å². The summed E-state index contributed by atoms with van der Waals surface area (Å²) in [7, 11) is 4.07. The lowest BCUT2D eigenvalue weighted by molar-refractivity contribution is 1.13. The van der Waals surface area contributed by atoms with E-state index in [1.165, 1.54) is 5.69 Å². The summed E-state index contributed by atoms with van der Waals surface area (Å²) in [5, 5.41) is 11.3. The maximum absolute atomic E-state index is 9.23. The molecule has 0 aliphatic rings. The predicted octanol–water partition coefficient (Wildman–Crippen LogP) is 4.95. The molecule has 0 aliphatic carbocycles. The van der Waals surface area contributed by atoms with Crippen LogP contribution in [-0.4, -0.2) is 14.1 Å². The molecule has 112 valence electrons. The average molecular weight is 298 g/mol. The minimum Gasteiger partial charge on any atom is -0.378 e. The fourth-order valence-electron chi connectivity index (χ4n) is 2.63. The molecule has 3 aromatic carbocycles. The van der Waals surface area contributed by atoms with Crippen molar-refractivity contribution in [2.24, 2.45) is 0 Å². The Morgan fingerprint density at radius 1 is 0.826 bits per heavy atom. The molecule has 0 aromatic heterocycles. The summed E-state index contributed by atoms with van der Waals surface area (Å²) in [4.78, 5) is 2.08. The van der Waals surface area contributed by atoms with Gasteiger partial charge in [-0.15, -0.1) is 0 Å². The van der Waals surface area contributed by atoms with Crippen molar-refractivity contribution in [2.75, 3.05) is 19.0 Å². The van der Waals surface area contributed by atoms with Gasteiger partial charge in [0.1, 0.15) is 0 Å². The maximum atomic E-state index is 9.23. The monoisotopic (exact) mass is 298 g/mol. The van der Waals surface area contributed by atoms with Crippen molar-refractivity contribution in [3.05, 3.63) is 77.4 Å². The molecule has 0 saturated heterocycles. The van der Waals surface area contributed by atoms with Gasteiger partial charge in [-0.05, 0) is 34.7 Å². The van der Waals surface area contributed by atoms with E-state index in [4.69, 9.17) is 0 Å². The lowest BCUT2D eigenvalue weighted by Crippen LogP contribution is -2.07. The second kappa shape index (κ2) is 6.37. The number of hydrogen-bond acceptors (Lipinski definition) is 2. The highest BCUT2D eigenvalue weighted by Gasteiger charge is 2.03. The first-order valence-electron chi connectivity index (χ1n) is 7.56. The smallest absolute Gasteiger partial charge is 0.0998 e. The number of hydrogen-bond donors (Lipinski definition) is 0. The van der Waals surface area contributed by atoms with Crippen LogP contribution in [0, 0.1) is 11.3 Å². The molecule has 2 heteroatoms. The van der Waals surface area contributed by atoms with Crippen LogP contribution in [0.1, 0.15) is 16.7 Å². The van der Waals surface area contributed by atoms with Crippen molar-refractivity contribution >= 4 is 28.6 Å². The number of nitrogens with zero attached hydrogens (tertiary/aromatic N) is 2. The number of fused-ring (bicyclic) bond motifs is 1. The van der Waals surface area contributed by atoms with Crippen molar-refractivity contribution in [3.8, 4) is 6.07 Å². The van der Waals surface area contributed by atoms with Crippen LogP contribution in [0.2, 0.25) is 0 Å². The highest BCUT2D eigenvalue weighted by molar-refractivity contribution is 5.96. The summed E-state index contributed by atoms with van der Waals surface area (Å²) in [6.45, 7) is 0. The largest absolute Gasteiger partial charge is 0.378 e. The van der Waals surface area contributed by atoms with Crippen LogP contribution in [0.3, 0.4) is 0 Å². The molecule has 0 atom stereocenters. The zero-order valence-electron chi connectivity index (χ0n) is 13.3. The average Bonchev–Trinajstić information content (AvgIpc) is 2.60. The van der Waals surface area contributed by atoms with Gasteiger partial charge >= 0.3 is 0 Å². The first-order valence-corrected chi connectivity index (χ1v) is 7.56. The second-order valence-electron chi connectivity index (χ2n) is 5.68. The lowest BCUT2D eigenvalue weighted by atomic mass is 9.99. The van der Waals surface area contributed by atoms with E-state index < -0.39 is 0 Å². The second-order valence-corrected chi connectivity index (χ2v) is 5.68. The van der Waals surface area contributed by atoms with Crippen molar-refractivity contribution in [1.29, 1.82) is 5.26 Å². The Morgan fingerprint density at radius 3 is 2.17 bits per heavy atom. The molecule has 23 heavy (non-hydrogen) atoms. The molecule has 0 saturated carbocycles. The summed E-state index contributed by atoms with van der Waals surface area (Å²) in [6.07, 6.45) is 4.21.